The quantitative estimate of drug-likeness (QED) is 0.479. The third-order valence-corrected chi connectivity index (χ3v) is 5.86. The maximum atomic E-state index is 3.19. The van der Waals surface area contributed by atoms with E-state index in [9.17, 15) is 0 Å². The second-order valence-electron chi connectivity index (χ2n) is 3.72. The van der Waals surface area contributed by atoms with Crippen LogP contribution in [0.15, 0.2) is 0 Å². The Balaban J connectivity index is 3.28. The summed E-state index contributed by atoms with van der Waals surface area (Å²) >= 11 is 0. The summed E-state index contributed by atoms with van der Waals surface area (Å²) in [5, 5.41) is 3.19. The molecule has 1 N–H and O–H groups in total. The van der Waals surface area contributed by atoms with E-state index in [0.717, 1.165) is 0 Å². The smallest absolute Gasteiger partial charge is 0.0471 e. The Morgan fingerprint density at radius 2 is 1.90 bits per heavy atom. The zero-order valence-electron chi connectivity index (χ0n) is 7.83. The highest BCUT2D eigenvalue weighted by Gasteiger charge is 2.15. The summed E-state index contributed by atoms with van der Waals surface area (Å²) in [5.41, 5.74) is 0. The number of nitrogens with one attached hydrogen (secondary N) is 1. The molecule has 0 fully saturated rings. The molecule has 0 aliphatic carbocycles. The highest BCUT2D eigenvalue weighted by molar-refractivity contribution is 6.77. The maximum absolute atomic E-state index is 3.19. The lowest BCUT2D eigenvalue weighted by molar-refractivity contribution is 0.763. The molecule has 2 heteroatoms. The molecule has 0 rings (SSSR count). The van der Waals surface area contributed by atoms with Crippen molar-refractivity contribution in [1.29, 1.82) is 0 Å². The van der Waals surface area contributed by atoms with Crippen molar-refractivity contribution in [3.63, 3.8) is 0 Å². The number of hydrogen-bond donors (Lipinski definition) is 1. The van der Waals surface area contributed by atoms with Crippen LogP contribution in [0, 0.1) is 0 Å². The summed E-state index contributed by atoms with van der Waals surface area (Å²) in [6.45, 7) is 8.47. The standard InChI is InChI=1S/C8H21NSi/c1-5-10(3,4)8-6-7-9-2/h9H,5-8H2,1-4H3. The normalized spacial score (nSPS) is 12.0. The van der Waals surface area contributed by atoms with Gasteiger partial charge in [0.2, 0.25) is 0 Å². The van der Waals surface area contributed by atoms with Crippen molar-refractivity contribution < 1.29 is 0 Å². The van der Waals surface area contributed by atoms with Gasteiger partial charge in [-0.15, -0.1) is 0 Å². The molecule has 0 bridgehead atoms. The van der Waals surface area contributed by atoms with E-state index in [2.05, 4.69) is 25.3 Å². The van der Waals surface area contributed by atoms with Crippen LogP contribution in [0.5, 0.6) is 0 Å². The molecule has 0 radical (unpaired) electrons. The van der Waals surface area contributed by atoms with Gasteiger partial charge in [0, 0.05) is 8.07 Å². The minimum absolute atomic E-state index is 0.755. The van der Waals surface area contributed by atoms with Crippen LogP contribution in [-0.4, -0.2) is 21.7 Å². The van der Waals surface area contributed by atoms with Gasteiger partial charge in [0.1, 0.15) is 0 Å². The van der Waals surface area contributed by atoms with Crippen LogP contribution < -0.4 is 5.32 Å². The Labute approximate surface area is 66.2 Å². The maximum Gasteiger partial charge on any atom is 0.0471 e. The molecule has 0 aromatic rings. The molecule has 0 aliphatic rings. The van der Waals surface area contributed by atoms with Gasteiger partial charge in [0.25, 0.3) is 0 Å². The Hall–Kier alpha value is 0.177. The van der Waals surface area contributed by atoms with E-state index < -0.39 is 8.07 Å². The van der Waals surface area contributed by atoms with E-state index in [-0.39, 0.29) is 0 Å². The zero-order chi connectivity index (χ0) is 8.04. The molecule has 0 saturated carbocycles. The summed E-state index contributed by atoms with van der Waals surface area (Å²) in [4.78, 5) is 0. The van der Waals surface area contributed by atoms with Crippen molar-refractivity contribution >= 4 is 8.07 Å². The minimum Gasteiger partial charge on any atom is -0.320 e. The van der Waals surface area contributed by atoms with Crippen molar-refractivity contribution in [2.45, 2.75) is 38.5 Å². The molecule has 0 aromatic heterocycles. The van der Waals surface area contributed by atoms with Gasteiger partial charge >= 0.3 is 0 Å². The van der Waals surface area contributed by atoms with Gasteiger partial charge in [-0.1, -0.05) is 32.1 Å². The molecular formula is C8H21NSi. The van der Waals surface area contributed by atoms with Crippen molar-refractivity contribution in [1.82, 2.24) is 5.32 Å². The predicted molar refractivity (Wildman–Crippen MR) is 51.3 cm³/mol. The minimum atomic E-state index is -0.755. The van der Waals surface area contributed by atoms with Crippen molar-refractivity contribution in [2.24, 2.45) is 0 Å². The molecule has 0 aliphatic heterocycles. The van der Waals surface area contributed by atoms with Gasteiger partial charge < -0.3 is 5.32 Å². The third-order valence-electron chi connectivity index (χ3n) is 2.24. The van der Waals surface area contributed by atoms with Gasteiger partial charge in [-0.05, 0) is 20.0 Å². The summed E-state index contributed by atoms with van der Waals surface area (Å²) in [7, 11) is 1.27. The van der Waals surface area contributed by atoms with Crippen molar-refractivity contribution in [2.75, 3.05) is 13.6 Å². The van der Waals surface area contributed by atoms with Crippen molar-refractivity contribution in [3.8, 4) is 0 Å². The topological polar surface area (TPSA) is 12.0 Å². The molecule has 0 aromatic carbocycles. The largest absolute Gasteiger partial charge is 0.320 e. The van der Waals surface area contributed by atoms with Crippen LogP contribution in [0.25, 0.3) is 0 Å². The van der Waals surface area contributed by atoms with Crippen LogP contribution in [0.3, 0.4) is 0 Å². The lowest BCUT2D eigenvalue weighted by atomic mass is 10.5. The molecule has 1 nitrogen and oxygen atoms in total. The molecule has 0 atom stereocenters. The van der Waals surface area contributed by atoms with Crippen LogP contribution in [0.2, 0.25) is 25.2 Å². The van der Waals surface area contributed by atoms with Gasteiger partial charge in [-0.3, -0.25) is 0 Å². The van der Waals surface area contributed by atoms with Gasteiger partial charge in [-0.2, -0.15) is 0 Å². The Morgan fingerprint density at radius 1 is 1.30 bits per heavy atom. The second-order valence-corrected chi connectivity index (χ2v) is 9.26. The van der Waals surface area contributed by atoms with Gasteiger partial charge in [0.15, 0.2) is 0 Å². The summed E-state index contributed by atoms with van der Waals surface area (Å²) < 4.78 is 0. The lowest BCUT2D eigenvalue weighted by Gasteiger charge is -2.19. The molecule has 0 unspecified atom stereocenters. The fourth-order valence-corrected chi connectivity index (χ4v) is 2.41. The fourth-order valence-electron chi connectivity index (χ4n) is 0.920. The monoisotopic (exact) mass is 159 g/mol. The fraction of sp³-hybridized carbons (Fsp3) is 1.00. The lowest BCUT2D eigenvalue weighted by Crippen LogP contribution is -2.24. The number of rotatable bonds is 5. The first kappa shape index (κ1) is 10.2. The molecular weight excluding hydrogens is 138 g/mol. The first-order chi connectivity index (χ1) is 4.62. The Bertz CT molecular complexity index is 81.3. The van der Waals surface area contributed by atoms with E-state index >= 15 is 0 Å². The van der Waals surface area contributed by atoms with Gasteiger partial charge in [0.05, 0.1) is 0 Å². The molecule has 0 saturated heterocycles. The second kappa shape index (κ2) is 4.91. The molecule has 62 valence electrons. The highest BCUT2D eigenvalue weighted by Crippen LogP contribution is 2.15. The first-order valence-corrected chi connectivity index (χ1v) is 7.68. The summed E-state index contributed by atoms with van der Waals surface area (Å²) in [5.74, 6) is 0. The van der Waals surface area contributed by atoms with Crippen LogP contribution in [0.1, 0.15) is 13.3 Å². The molecule has 0 heterocycles. The van der Waals surface area contributed by atoms with E-state index in [1.807, 2.05) is 7.05 Å². The average molecular weight is 159 g/mol. The van der Waals surface area contributed by atoms with E-state index in [4.69, 9.17) is 0 Å². The predicted octanol–water partition coefficient (Wildman–Crippen LogP) is 2.32. The molecule has 0 amide bonds. The Morgan fingerprint density at radius 3 is 2.30 bits per heavy atom. The van der Waals surface area contributed by atoms with E-state index in [1.54, 1.807) is 0 Å². The SMILES string of the molecule is CC[Si](C)(C)CCCNC. The first-order valence-electron chi connectivity index (χ1n) is 4.27. The van der Waals surface area contributed by atoms with Crippen LogP contribution >= 0.6 is 0 Å². The van der Waals surface area contributed by atoms with E-state index in [0.29, 0.717) is 0 Å². The number of hydrogen-bond acceptors (Lipinski definition) is 1. The summed E-state index contributed by atoms with van der Waals surface area (Å²) in [6.07, 6.45) is 1.36. The van der Waals surface area contributed by atoms with Crippen LogP contribution in [-0.2, 0) is 0 Å². The van der Waals surface area contributed by atoms with Gasteiger partial charge in [-0.25, -0.2) is 0 Å². The zero-order valence-corrected chi connectivity index (χ0v) is 8.83. The van der Waals surface area contributed by atoms with E-state index in [1.165, 1.54) is 25.1 Å². The summed E-state index contributed by atoms with van der Waals surface area (Å²) in [6, 6.07) is 2.90. The Kier molecular flexibility index (Phi) is 5.00. The third kappa shape index (κ3) is 5.00. The average Bonchev–Trinajstić information content (AvgIpc) is 1.89. The van der Waals surface area contributed by atoms with Crippen LogP contribution in [0.4, 0.5) is 0 Å². The highest BCUT2D eigenvalue weighted by atomic mass is 28.3. The molecule has 0 spiro atoms. The molecule has 10 heavy (non-hydrogen) atoms. The van der Waals surface area contributed by atoms with Crippen molar-refractivity contribution in [3.05, 3.63) is 0 Å².